The zero-order chi connectivity index (χ0) is 18.7. The third-order valence-corrected chi connectivity index (χ3v) is 5.54. The number of rotatable bonds is 5. The Morgan fingerprint density at radius 1 is 1.08 bits per heavy atom. The average molecular weight is 377 g/mol. The van der Waals surface area contributed by atoms with Crippen LogP contribution in [0.3, 0.4) is 0 Å². The van der Waals surface area contributed by atoms with Gasteiger partial charge in [0.15, 0.2) is 11.5 Å². The van der Waals surface area contributed by atoms with E-state index in [1.165, 1.54) is 31.4 Å². The highest BCUT2D eigenvalue weighted by molar-refractivity contribution is 7.89. The SMILES string of the molecule is COC(=O)c1ccc(S(=O)(=O)N[C@H](C)c2ccc3c(c2)OCCO3)cc1. The molecule has 8 heteroatoms. The molecule has 0 spiro atoms. The van der Waals surface area contributed by atoms with Crippen LogP contribution in [0.25, 0.3) is 0 Å². The number of carbonyl (C=O) groups excluding carboxylic acids is 1. The lowest BCUT2D eigenvalue weighted by molar-refractivity contribution is 0.0600. The molecule has 0 saturated carbocycles. The van der Waals surface area contributed by atoms with Crippen molar-refractivity contribution in [2.75, 3.05) is 20.3 Å². The molecule has 0 bridgehead atoms. The Morgan fingerprint density at radius 3 is 2.38 bits per heavy atom. The summed E-state index contributed by atoms with van der Waals surface area (Å²) in [5.74, 6) is 0.724. The van der Waals surface area contributed by atoms with Gasteiger partial charge in [-0.25, -0.2) is 17.9 Å². The Hall–Kier alpha value is -2.58. The van der Waals surface area contributed by atoms with Crippen molar-refractivity contribution in [2.45, 2.75) is 17.9 Å². The van der Waals surface area contributed by atoms with Gasteiger partial charge in [0, 0.05) is 6.04 Å². The van der Waals surface area contributed by atoms with Gasteiger partial charge in [-0.05, 0) is 48.9 Å². The van der Waals surface area contributed by atoms with Crippen LogP contribution in [0.15, 0.2) is 47.4 Å². The minimum atomic E-state index is -3.75. The zero-order valence-corrected chi connectivity index (χ0v) is 15.2. The van der Waals surface area contributed by atoms with Crippen LogP contribution in [0.5, 0.6) is 11.5 Å². The van der Waals surface area contributed by atoms with Crippen LogP contribution in [0.1, 0.15) is 28.9 Å². The van der Waals surface area contributed by atoms with Gasteiger partial charge < -0.3 is 14.2 Å². The number of esters is 1. The number of methoxy groups -OCH3 is 1. The maximum Gasteiger partial charge on any atom is 0.337 e. The van der Waals surface area contributed by atoms with Crippen molar-refractivity contribution in [3.05, 3.63) is 53.6 Å². The lowest BCUT2D eigenvalue weighted by atomic mass is 10.1. The van der Waals surface area contributed by atoms with Gasteiger partial charge in [-0.2, -0.15) is 0 Å². The number of benzene rings is 2. The van der Waals surface area contributed by atoms with Crippen LogP contribution in [-0.4, -0.2) is 34.7 Å². The van der Waals surface area contributed by atoms with Crippen LogP contribution >= 0.6 is 0 Å². The van der Waals surface area contributed by atoms with E-state index in [9.17, 15) is 13.2 Å². The Morgan fingerprint density at radius 2 is 1.73 bits per heavy atom. The lowest BCUT2D eigenvalue weighted by Crippen LogP contribution is -2.27. The van der Waals surface area contributed by atoms with Crippen molar-refractivity contribution in [3.8, 4) is 11.5 Å². The van der Waals surface area contributed by atoms with Crippen molar-refractivity contribution >= 4 is 16.0 Å². The molecule has 138 valence electrons. The molecule has 0 radical (unpaired) electrons. The molecule has 3 rings (SSSR count). The van der Waals surface area contributed by atoms with Crippen molar-refractivity contribution in [1.29, 1.82) is 0 Å². The van der Waals surface area contributed by atoms with Crippen molar-refractivity contribution in [1.82, 2.24) is 4.72 Å². The second-order valence-electron chi connectivity index (χ2n) is 5.76. The van der Waals surface area contributed by atoms with Crippen LogP contribution < -0.4 is 14.2 Å². The first-order valence-corrected chi connectivity index (χ1v) is 9.49. The third-order valence-electron chi connectivity index (χ3n) is 3.98. The molecule has 1 heterocycles. The molecule has 0 unspecified atom stereocenters. The zero-order valence-electron chi connectivity index (χ0n) is 14.4. The minimum absolute atomic E-state index is 0.0644. The molecule has 0 fully saturated rings. The summed E-state index contributed by atoms with van der Waals surface area (Å²) in [6.45, 7) is 2.70. The van der Waals surface area contributed by atoms with Gasteiger partial charge in [-0.3, -0.25) is 0 Å². The first-order valence-electron chi connectivity index (χ1n) is 8.01. The number of hydrogen-bond acceptors (Lipinski definition) is 6. The van der Waals surface area contributed by atoms with E-state index in [2.05, 4.69) is 9.46 Å². The molecule has 0 aliphatic carbocycles. The summed E-state index contributed by atoms with van der Waals surface area (Å²) in [6.07, 6.45) is 0. The summed E-state index contributed by atoms with van der Waals surface area (Å²) in [6, 6.07) is 10.4. The molecule has 0 aromatic heterocycles. The Labute approximate surface area is 151 Å². The molecule has 0 amide bonds. The summed E-state index contributed by atoms with van der Waals surface area (Å²) < 4.78 is 43.4. The fraction of sp³-hybridized carbons (Fsp3) is 0.278. The first-order chi connectivity index (χ1) is 12.4. The molecule has 1 atom stereocenters. The van der Waals surface area contributed by atoms with Crippen LogP contribution in [-0.2, 0) is 14.8 Å². The molecule has 0 saturated heterocycles. The fourth-order valence-corrected chi connectivity index (χ4v) is 3.82. The quantitative estimate of drug-likeness (QED) is 0.804. The average Bonchev–Trinajstić information content (AvgIpc) is 2.66. The molecule has 2 aromatic rings. The summed E-state index contributed by atoms with van der Waals surface area (Å²) in [5, 5.41) is 0. The highest BCUT2D eigenvalue weighted by atomic mass is 32.2. The van der Waals surface area contributed by atoms with E-state index < -0.39 is 22.0 Å². The maximum atomic E-state index is 12.6. The molecular weight excluding hydrogens is 358 g/mol. The Kier molecular flexibility index (Phi) is 5.15. The van der Waals surface area contributed by atoms with E-state index in [-0.39, 0.29) is 10.5 Å². The fourth-order valence-electron chi connectivity index (χ4n) is 2.59. The second kappa shape index (κ2) is 7.35. The molecule has 1 aliphatic heterocycles. The lowest BCUT2D eigenvalue weighted by Gasteiger charge is -2.21. The number of sulfonamides is 1. The normalized spacial score (nSPS) is 14.5. The molecule has 1 N–H and O–H groups in total. The largest absolute Gasteiger partial charge is 0.486 e. The van der Waals surface area contributed by atoms with Crippen LogP contribution in [0.2, 0.25) is 0 Å². The second-order valence-corrected chi connectivity index (χ2v) is 7.48. The number of carbonyl (C=O) groups is 1. The van der Waals surface area contributed by atoms with Gasteiger partial charge in [0.25, 0.3) is 0 Å². The molecule has 7 nitrogen and oxygen atoms in total. The van der Waals surface area contributed by atoms with Gasteiger partial charge in [0.2, 0.25) is 10.0 Å². The smallest absolute Gasteiger partial charge is 0.337 e. The van der Waals surface area contributed by atoms with Gasteiger partial charge in [-0.15, -0.1) is 0 Å². The molecular formula is C18H19NO6S. The predicted molar refractivity (Wildman–Crippen MR) is 94.0 cm³/mol. The molecule has 26 heavy (non-hydrogen) atoms. The van der Waals surface area contributed by atoms with E-state index in [0.29, 0.717) is 24.7 Å². The number of ether oxygens (including phenoxy) is 3. The van der Waals surface area contributed by atoms with E-state index >= 15 is 0 Å². The van der Waals surface area contributed by atoms with Gasteiger partial charge in [0.1, 0.15) is 13.2 Å². The standard InChI is InChI=1S/C18H19NO6S/c1-12(14-5-8-16-17(11-14)25-10-9-24-16)19-26(21,22)15-6-3-13(4-7-15)18(20)23-2/h3-8,11-12,19H,9-10H2,1-2H3/t12-/m1/s1. The number of nitrogens with one attached hydrogen (secondary N) is 1. The summed E-state index contributed by atoms with van der Waals surface area (Å²) >= 11 is 0. The Balaban J connectivity index is 1.77. The van der Waals surface area contributed by atoms with Crippen molar-refractivity contribution < 1.29 is 27.4 Å². The maximum absolute atomic E-state index is 12.6. The van der Waals surface area contributed by atoms with Crippen LogP contribution in [0.4, 0.5) is 0 Å². The van der Waals surface area contributed by atoms with Crippen LogP contribution in [0, 0.1) is 0 Å². The van der Waals surface area contributed by atoms with E-state index in [1.54, 1.807) is 25.1 Å². The summed E-state index contributed by atoms with van der Waals surface area (Å²) in [5.41, 5.74) is 1.04. The van der Waals surface area contributed by atoms with Gasteiger partial charge in [0.05, 0.1) is 17.6 Å². The molecule has 1 aliphatic rings. The number of hydrogen-bond donors (Lipinski definition) is 1. The summed E-state index contributed by atoms with van der Waals surface area (Å²) in [4.78, 5) is 11.5. The molecule has 2 aromatic carbocycles. The van der Waals surface area contributed by atoms with Crippen molar-refractivity contribution in [2.24, 2.45) is 0 Å². The van der Waals surface area contributed by atoms with Gasteiger partial charge in [-0.1, -0.05) is 6.07 Å². The minimum Gasteiger partial charge on any atom is -0.486 e. The van der Waals surface area contributed by atoms with E-state index in [1.807, 2.05) is 0 Å². The Bertz CT molecular complexity index is 908. The van der Waals surface area contributed by atoms with Gasteiger partial charge >= 0.3 is 5.97 Å². The predicted octanol–water partition coefficient (Wildman–Crippen LogP) is 2.28. The van der Waals surface area contributed by atoms with E-state index in [0.717, 1.165) is 5.56 Å². The summed E-state index contributed by atoms with van der Waals surface area (Å²) in [7, 11) is -2.48. The first kappa shape index (κ1) is 18.2. The van der Waals surface area contributed by atoms with E-state index in [4.69, 9.17) is 9.47 Å². The monoisotopic (exact) mass is 377 g/mol. The number of fused-ring (bicyclic) bond motifs is 1. The third kappa shape index (κ3) is 3.81. The van der Waals surface area contributed by atoms with Crippen molar-refractivity contribution in [3.63, 3.8) is 0 Å². The topological polar surface area (TPSA) is 90.9 Å². The highest BCUT2D eigenvalue weighted by Gasteiger charge is 2.21. The highest BCUT2D eigenvalue weighted by Crippen LogP contribution is 2.32.